The van der Waals surface area contributed by atoms with E-state index in [1.807, 2.05) is 36.4 Å². The summed E-state index contributed by atoms with van der Waals surface area (Å²) in [7, 11) is 3.79. The Labute approximate surface area is 200 Å². The number of amides is 1. The van der Waals surface area contributed by atoms with Crippen LogP contribution in [0.3, 0.4) is 0 Å². The molecule has 6 nitrogen and oxygen atoms in total. The first-order valence-electron chi connectivity index (χ1n) is 11.7. The zero-order valence-corrected chi connectivity index (χ0v) is 19.9. The lowest BCUT2D eigenvalue weighted by Crippen LogP contribution is -2.53. The van der Waals surface area contributed by atoms with Crippen LogP contribution in [-0.2, 0) is 20.1 Å². The van der Waals surface area contributed by atoms with Crippen molar-refractivity contribution >= 4 is 17.5 Å². The van der Waals surface area contributed by atoms with E-state index in [1.165, 1.54) is 5.56 Å². The van der Waals surface area contributed by atoms with Gasteiger partial charge in [0.25, 0.3) is 0 Å². The van der Waals surface area contributed by atoms with Gasteiger partial charge in [0.2, 0.25) is 11.7 Å². The Bertz CT molecular complexity index is 975. The molecule has 0 unspecified atom stereocenters. The van der Waals surface area contributed by atoms with Crippen molar-refractivity contribution in [2.24, 2.45) is 5.92 Å². The van der Waals surface area contributed by atoms with Crippen molar-refractivity contribution in [2.45, 2.75) is 43.1 Å². The number of nitrogens with one attached hydrogen (secondary N) is 1. The molecular weight excluding hydrogens is 440 g/mol. The molecule has 5 rings (SSSR count). The molecule has 7 heteroatoms. The van der Waals surface area contributed by atoms with E-state index >= 15 is 0 Å². The molecule has 3 saturated heterocycles. The number of halogens is 1. The van der Waals surface area contributed by atoms with Gasteiger partial charge in [-0.25, -0.2) is 0 Å². The Morgan fingerprint density at radius 1 is 1.12 bits per heavy atom. The Hall–Kier alpha value is -2.12. The maximum atomic E-state index is 13.7. The van der Waals surface area contributed by atoms with E-state index in [0.717, 1.165) is 30.6 Å². The van der Waals surface area contributed by atoms with E-state index < -0.39 is 5.79 Å². The molecule has 1 amide bonds. The highest BCUT2D eigenvalue weighted by Crippen LogP contribution is 2.46. The summed E-state index contributed by atoms with van der Waals surface area (Å²) in [6, 6.07) is 16.4. The second kappa shape index (κ2) is 9.26. The smallest absolute Gasteiger partial charge is 0.225 e. The highest BCUT2D eigenvalue weighted by atomic mass is 35.5. The van der Waals surface area contributed by atoms with Gasteiger partial charge in [-0.2, -0.15) is 0 Å². The molecule has 3 heterocycles. The van der Waals surface area contributed by atoms with Crippen LogP contribution in [0.4, 0.5) is 0 Å². The number of hydrogen-bond acceptors (Lipinski definition) is 5. The number of rotatable bonds is 6. The Morgan fingerprint density at radius 3 is 2.48 bits per heavy atom. The number of ether oxygens (including phenoxy) is 3. The third-order valence-corrected chi connectivity index (χ3v) is 7.90. The SMILES string of the molecule is COc1ccc(C2(CNC(=O)[C@H]3[C@@H](c4ccc(Cl)cc4)C[C@@H]4CC[C@H]3N4C)OCCO2)cc1. The third-order valence-electron chi connectivity index (χ3n) is 7.65. The first-order chi connectivity index (χ1) is 16.0. The number of hydrogen-bond donors (Lipinski definition) is 1. The first-order valence-corrected chi connectivity index (χ1v) is 12.1. The van der Waals surface area contributed by atoms with Crippen molar-refractivity contribution in [1.29, 1.82) is 0 Å². The van der Waals surface area contributed by atoms with Gasteiger partial charge in [0, 0.05) is 22.7 Å². The van der Waals surface area contributed by atoms with Gasteiger partial charge in [-0.1, -0.05) is 23.7 Å². The largest absolute Gasteiger partial charge is 0.497 e. The number of fused-ring (bicyclic) bond motifs is 2. The van der Waals surface area contributed by atoms with Crippen LogP contribution in [0.2, 0.25) is 5.02 Å². The molecule has 2 aromatic carbocycles. The fraction of sp³-hybridized carbons (Fsp3) is 0.500. The molecule has 33 heavy (non-hydrogen) atoms. The lowest BCUT2D eigenvalue weighted by molar-refractivity contribution is -0.166. The molecular formula is C26H31ClN2O4. The number of benzene rings is 2. The van der Waals surface area contributed by atoms with Crippen LogP contribution in [-0.4, -0.2) is 56.8 Å². The Kier molecular flexibility index (Phi) is 6.36. The fourth-order valence-corrected chi connectivity index (χ4v) is 5.99. The van der Waals surface area contributed by atoms with Crippen LogP contribution in [0.5, 0.6) is 5.75 Å². The topological polar surface area (TPSA) is 60.0 Å². The highest BCUT2D eigenvalue weighted by Gasteiger charge is 2.49. The van der Waals surface area contributed by atoms with Crippen molar-refractivity contribution in [3.05, 3.63) is 64.7 Å². The van der Waals surface area contributed by atoms with Crippen molar-refractivity contribution < 1.29 is 19.0 Å². The van der Waals surface area contributed by atoms with Gasteiger partial charge in [-0.3, -0.25) is 9.69 Å². The molecule has 0 aromatic heterocycles. The predicted molar refractivity (Wildman–Crippen MR) is 126 cm³/mol. The fourth-order valence-electron chi connectivity index (χ4n) is 5.87. The minimum Gasteiger partial charge on any atom is -0.497 e. The summed E-state index contributed by atoms with van der Waals surface area (Å²) < 4.78 is 17.4. The molecule has 2 bridgehead atoms. The molecule has 0 aliphatic carbocycles. The second-order valence-electron chi connectivity index (χ2n) is 9.28. The standard InChI is InChI=1S/C26H31ClN2O4/c1-29-20-9-12-23(29)24(22(15-20)17-3-7-19(27)8-4-17)25(30)28-16-26(32-13-14-33-26)18-5-10-21(31-2)11-6-18/h3-8,10-11,20,22-24H,9,12-16H2,1-2H3,(H,28,30)/t20-,22+,23+,24-/m0/s1. The van der Waals surface area contributed by atoms with Gasteiger partial charge in [-0.05, 0) is 74.2 Å². The van der Waals surface area contributed by atoms with Crippen LogP contribution in [0.25, 0.3) is 0 Å². The van der Waals surface area contributed by atoms with Crippen molar-refractivity contribution in [1.82, 2.24) is 10.2 Å². The van der Waals surface area contributed by atoms with Crippen LogP contribution in [0.1, 0.15) is 36.3 Å². The number of nitrogens with zero attached hydrogens (tertiary/aromatic N) is 1. The predicted octanol–water partition coefficient (Wildman–Crippen LogP) is 3.93. The van der Waals surface area contributed by atoms with E-state index in [2.05, 4.69) is 29.4 Å². The molecule has 0 spiro atoms. The number of carbonyl (C=O) groups excluding carboxylic acids is 1. The summed E-state index contributed by atoms with van der Waals surface area (Å²) in [6.45, 7) is 1.25. The third kappa shape index (κ3) is 4.26. The molecule has 3 fully saturated rings. The number of carbonyl (C=O) groups is 1. The van der Waals surface area contributed by atoms with Crippen molar-refractivity contribution in [3.8, 4) is 5.75 Å². The maximum absolute atomic E-state index is 13.7. The summed E-state index contributed by atoms with van der Waals surface area (Å²) in [4.78, 5) is 16.1. The van der Waals surface area contributed by atoms with Gasteiger partial charge >= 0.3 is 0 Å². The molecule has 3 aliphatic heterocycles. The average Bonchev–Trinajstić information content (AvgIpc) is 3.40. The molecule has 2 aromatic rings. The van der Waals surface area contributed by atoms with Crippen molar-refractivity contribution in [3.63, 3.8) is 0 Å². The Balaban J connectivity index is 1.37. The second-order valence-corrected chi connectivity index (χ2v) is 9.72. The van der Waals surface area contributed by atoms with Crippen LogP contribution < -0.4 is 10.1 Å². The van der Waals surface area contributed by atoms with Crippen LogP contribution in [0.15, 0.2) is 48.5 Å². The monoisotopic (exact) mass is 470 g/mol. The lowest BCUT2D eigenvalue weighted by Gasteiger charge is -2.42. The molecule has 0 radical (unpaired) electrons. The molecule has 176 valence electrons. The normalized spacial score (nSPS) is 28.6. The summed E-state index contributed by atoms with van der Waals surface area (Å²) in [5.41, 5.74) is 2.06. The zero-order chi connectivity index (χ0) is 23.0. The van der Waals surface area contributed by atoms with Crippen LogP contribution in [0, 0.1) is 5.92 Å². The minimum absolute atomic E-state index is 0.0548. The molecule has 4 atom stereocenters. The molecule has 3 aliphatic rings. The molecule has 1 N–H and O–H groups in total. The van der Waals surface area contributed by atoms with Gasteiger partial charge < -0.3 is 19.5 Å². The van der Waals surface area contributed by atoms with E-state index in [9.17, 15) is 4.79 Å². The Morgan fingerprint density at radius 2 is 1.82 bits per heavy atom. The highest BCUT2D eigenvalue weighted by molar-refractivity contribution is 6.30. The van der Waals surface area contributed by atoms with E-state index in [1.54, 1.807) is 7.11 Å². The summed E-state index contributed by atoms with van der Waals surface area (Å²) in [6.07, 6.45) is 3.15. The van der Waals surface area contributed by atoms with Gasteiger partial charge in [-0.15, -0.1) is 0 Å². The van der Waals surface area contributed by atoms with E-state index in [-0.39, 0.29) is 30.3 Å². The van der Waals surface area contributed by atoms with Gasteiger partial charge in [0.1, 0.15) is 5.75 Å². The number of piperidine rings is 1. The average molecular weight is 471 g/mol. The molecule has 0 saturated carbocycles. The first kappa shape index (κ1) is 22.7. The van der Waals surface area contributed by atoms with Crippen molar-refractivity contribution in [2.75, 3.05) is 33.9 Å². The van der Waals surface area contributed by atoms with Crippen LogP contribution >= 0.6 is 11.6 Å². The van der Waals surface area contributed by atoms with E-state index in [0.29, 0.717) is 24.3 Å². The lowest BCUT2D eigenvalue weighted by atomic mass is 9.75. The zero-order valence-electron chi connectivity index (χ0n) is 19.1. The summed E-state index contributed by atoms with van der Waals surface area (Å²) in [5, 5.41) is 3.92. The van der Waals surface area contributed by atoms with E-state index in [4.69, 9.17) is 25.8 Å². The van der Waals surface area contributed by atoms with Gasteiger partial charge in [0.05, 0.1) is 32.8 Å². The van der Waals surface area contributed by atoms with Gasteiger partial charge in [0.15, 0.2) is 0 Å². The maximum Gasteiger partial charge on any atom is 0.225 e. The number of methoxy groups -OCH3 is 1. The quantitative estimate of drug-likeness (QED) is 0.693. The summed E-state index contributed by atoms with van der Waals surface area (Å²) in [5.74, 6) is -0.124. The summed E-state index contributed by atoms with van der Waals surface area (Å²) >= 11 is 6.13. The minimum atomic E-state index is -0.976.